The topological polar surface area (TPSA) is 181 Å². The Bertz CT molecular complexity index is 1170. The van der Waals surface area contributed by atoms with Crippen LogP contribution in [0.25, 0.3) is 0 Å². The van der Waals surface area contributed by atoms with Crippen LogP contribution in [-0.4, -0.2) is 66.1 Å². The van der Waals surface area contributed by atoms with Crippen molar-refractivity contribution in [3.05, 3.63) is 101 Å². The summed E-state index contributed by atoms with van der Waals surface area (Å²) in [5, 5.41) is 24.1. The molecule has 1 heterocycles. The van der Waals surface area contributed by atoms with Crippen molar-refractivity contribution in [2.45, 2.75) is 85.5 Å². The zero-order valence-electron chi connectivity index (χ0n) is 27.0. The van der Waals surface area contributed by atoms with Crippen LogP contribution in [0.15, 0.2) is 91.0 Å². The van der Waals surface area contributed by atoms with Crippen molar-refractivity contribution in [1.82, 2.24) is 0 Å². The summed E-state index contributed by atoms with van der Waals surface area (Å²) in [5.41, 5.74) is 7.89. The van der Waals surface area contributed by atoms with Crippen LogP contribution < -0.4 is 16.4 Å². The largest absolute Gasteiger partial charge is 0.509 e. The monoisotopic (exact) mass is 646 g/mol. The van der Waals surface area contributed by atoms with E-state index in [1.165, 1.54) is 0 Å². The number of carbonyl (C=O) groups excluding carboxylic acids is 2. The van der Waals surface area contributed by atoms with E-state index in [0.717, 1.165) is 18.5 Å². The second kappa shape index (κ2) is 25.6. The summed E-state index contributed by atoms with van der Waals surface area (Å²) in [5.74, 6) is 0. The van der Waals surface area contributed by atoms with Crippen molar-refractivity contribution in [3.63, 3.8) is 0 Å². The molecule has 3 aromatic carbocycles. The molecule has 12 heteroatoms. The number of benzene rings is 3. The second-order valence-corrected chi connectivity index (χ2v) is 9.85. The number of nitrogens with one attached hydrogen (secondary N) is 2. The first-order chi connectivity index (χ1) is 21.3. The van der Waals surface area contributed by atoms with Crippen LogP contribution in [-0.2, 0) is 14.2 Å². The molecule has 1 amide bonds. The van der Waals surface area contributed by atoms with Crippen molar-refractivity contribution < 1.29 is 34.0 Å². The Morgan fingerprint density at radius 3 is 1.50 bits per heavy atom. The van der Waals surface area contributed by atoms with Gasteiger partial charge in [-0.25, -0.2) is 9.59 Å². The van der Waals surface area contributed by atoms with Crippen molar-refractivity contribution in [1.29, 1.82) is 0 Å². The first-order valence-electron chi connectivity index (χ1n) is 14.3. The average molecular weight is 647 g/mol. The summed E-state index contributed by atoms with van der Waals surface area (Å²) in [6.07, 6.45) is -2.80. The highest BCUT2D eigenvalue weighted by atomic mass is 16.8. The van der Waals surface area contributed by atoms with Gasteiger partial charge in [0, 0.05) is 27.7 Å². The lowest BCUT2D eigenvalue weighted by Gasteiger charge is -2.17. The van der Waals surface area contributed by atoms with Crippen LogP contribution in [0.1, 0.15) is 49.0 Å². The van der Waals surface area contributed by atoms with E-state index in [9.17, 15) is 14.7 Å². The van der Waals surface area contributed by atoms with E-state index in [-0.39, 0.29) is 31.8 Å². The number of amides is 1. The smallest absolute Gasteiger partial charge is 0.444 e. The van der Waals surface area contributed by atoms with Gasteiger partial charge < -0.3 is 35.5 Å². The van der Waals surface area contributed by atoms with Crippen LogP contribution in [0, 0.1) is 9.56 Å². The van der Waals surface area contributed by atoms with Gasteiger partial charge in [-0.3, -0.25) is 5.32 Å². The van der Waals surface area contributed by atoms with Crippen molar-refractivity contribution >= 4 is 29.3 Å². The third-order valence-electron chi connectivity index (χ3n) is 5.91. The standard InChI is InChI=1S/C11H15NO3.C10H15NO.C6H7N.C5H8O3.CH3O2.CH4/c1-8(13)9(2)15-11(14)12-10-6-4-3-5-7-10;1-8(9(2)12)11-10-6-4-3-5-7-10;7-6-4-2-1-3-5-6;1-3-4(2)8-5(6)7-3;1-3-2;/h3-9,13H,1-2H3,(H,12,14);3-9,11-12H,1-2H3;1-5H,7H2;3-4H,1-2H3;1H3;1H4/q;;;;+1;. The predicted molar refractivity (Wildman–Crippen MR) is 186 cm³/mol. The number of nitrogens with two attached hydrogens (primary N) is 1. The molecule has 3 aromatic rings. The molecule has 0 aromatic heterocycles. The molecule has 46 heavy (non-hydrogen) atoms. The fourth-order valence-electron chi connectivity index (χ4n) is 2.83. The number of nitrogen functional groups attached to an aromatic ring is 1. The Morgan fingerprint density at radius 1 is 0.804 bits per heavy atom. The normalized spacial score (nSPS) is 16.5. The van der Waals surface area contributed by atoms with Gasteiger partial charge in [-0.15, -0.1) is 0 Å². The Labute approximate surface area is 272 Å². The Morgan fingerprint density at radius 2 is 1.20 bits per heavy atom. The van der Waals surface area contributed by atoms with E-state index < -0.39 is 24.5 Å². The number of hydrogen-bond donors (Lipinski definition) is 5. The Hall–Kier alpha value is -4.68. The molecule has 0 saturated carbocycles. The zero-order valence-corrected chi connectivity index (χ0v) is 27.0. The van der Waals surface area contributed by atoms with Gasteiger partial charge in [-0.2, -0.15) is 0 Å². The molecule has 0 radical (unpaired) electrons. The molecule has 1 aliphatic rings. The van der Waals surface area contributed by atoms with Crippen LogP contribution in [0.4, 0.5) is 26.7 Å². The number of hydrogen-bond acceptors (Lipinski definition) is 10. The Kier molecular flexibility index (Phi) is 24.2. The minimum Gasteiger partial charge on any atom is -0.444 e. The van der Waals surface area contributed by atoms with E-state index in [0.29, 0.717) is 5.69 Å². The molecule has 6 atom stereocenters. The van der Waals surface area contributed by atoms with Crippen LogP contribution in [0.5, 0.6) is 0 Å². The lowest BCUT2D eigenvalue weighted by atomic mass is 10.2. The summed E-state index contributed by atoms with van der Waals surface area (Å²) in [6.45, 7) is 10.5. The SMILES string of the molecule is C.CC(O)C(C)Nc1ccccc1.CC(O)C(C)OC(=O)Nc1ccccc1.CC1OC(=O)OC1C.C[O+]=O.Nc1ccccc1. The lowest BCUT2D eigenvalue weighted by Crippen LogP contribution is -2.28. The van der Waals surface area contributed by atoms with E-state index in [1.54, 1.807) is 46.8 Å². The van der Waals surface area contributed by atoms with Gasteiger partial charge in [-0.05, 0) is 77.9 Å². The van der Waals surface area contributed by atoms with Gasteiger partial charge >= 0.3 is 19.4 Å². The third-order valence-corrected chi connectivity index (χ3v) is 5.91. The number of rotatable bonds is 6. The highest BCUT2D eigenvalue weighted by Crippen LogP contribution is 2.13. The van der Waals surface area contributed by atoms with E-state index >= 15 is 0 Å². The van der Waals surface area contributed by atoms with Gasteiger partial charge in [0.1, 0.15) is 18.3 Å². The number of para-hydroxylation sites is 3. The summed E-state index contributed by atoms with van der Waals surface area (Å²) in [4.78, 5) is 29.9. The summed E-state index contributed by atoms with van der Waals surface area (Å²) in [7, 11) is 1.07. The highest BCUT2D eigenvalue weighted by molar-refractivity contribution is 5.84. The number of anilines is 3. The molecule has 6 N–H and O–H groups in total. The van der Waals surface area contributed by atoms with E-state index in [1.807, 2.05) is 85.8 Å². The summed E-state index contributed by atoms with van der Waals surface area (Å²) < 4.78 is 17.1. The number of carbonyl (C=O) groups is 2. The molecule has 0 bridgehead atoms. The molecule has 0 spiro atoms. The van der Waals surface area contributed by atoms with Gasteiger partial charge in [0.2, 0.25) is 4.96 Å². The molecular weight excluding hydrogens is 594 g/mol. The number of cyclic esters (lactones) is 2. The van der Waals surface area contributed by atoms with Gasteiger partial charge in [0.05, 0.1) is 12.2 Å². The minimum absolute atomic E-state index is 0. The third kappa shape index (κ3) is 21.9. The molecule has 1 fully saturated rings. The summed E-state index contributed by atoms with van der Waals surface area (Å²) in [6, 6.07) is 28.5. The average Bonchev–Trinajstić information content (AvgIpc) is 3.29. The molecule has 0 aliphatic carbocycles. The van der Waals surface area contributed by atoms with E-state index in [2.05, 4.69) is 24.7 Å². The van der Waals surface area contributed by atoms with Gasteiger partial charge in [0.25, 0.3) is 0 Å². The maximum atomic E-state index is 11.3. The van der Waals surface area contributed by atoms with Crippen molar-refractivity contribution in [2.75, 3.05) is 23.5 Å². The fourth-order valence-corrected chi connectivity index (χ4v) is 2.83. The molecule has 6 unspecified atom stereocenters. The Balaban J connectivity index is 0. The van der Waals surface area contributed by atoms with Gasteiger partial charge in [0.15, 0.2) is 0 Å². The van der Waals surface area contributed by atoms with Crippen molar-refractivity contribution in [2.24, 2.45) is 0 Å². The zero-order chi connectivity index (χ0) is 34.2. The predicted octanol–water partition coefficient (Wildman–Crippen LogP) is 6.94. The van der Waals surface area contributed by atoms with Crippen LogP contribution in [0.3, 0.4) is 0 Å². The molecular formula is C34H52N3O9+. The second-order valence-electron chi connectivity index (χ2n) is 9.85. The van der Waals surface area contributed by atoms with E-state index in [4.69, 9.17) is 20.5 Å². The maximum Gasteiger partial charge on any atom is 0.509 e. The minimum atomic E-state index is -0.675. The van der Waals surface area contributed by atoms with Crippen LogP contribution >= 0.6 is 0 Å². The first-order valence-corrected chi connectivity index (χ1v) is 14.3. The quantitative estimate of drug-likeness (QED) is 0.107. The number of aliphatic hydroxyl groups excluding tert-OH is 2. The first kappa shape index (κ1) is 43.4. The molecule has 1 aliphatic heterocycles. The summed E-state index contributed by atoms with van der Waals surface area (Å²) >= 11 is 0. The molecule has 12 nitrogen and oxygen atoms in total. The molecule has 1 saturated heterocycles. The van der Waals surface area contributed by atoms with Gasteiger partial charge in [-0.1, -0.05) is 62.0 Å². The van der Waals surface area contributed by atoms with Crippen LogP contribution in [0.2, 0.25) is 0 Å². The number of ether oxygens (including phenoxy) is 3. The van der Waals surface area contributed by atoms with Crippen molar-refractivity contribution in [3.8, 4) is 0 Å². The lowest BCUT2D eigenvalue weighted by molar-refractivity contribution is 0.0288. The highest BCUT2D eigenvalue weighted by Gasteiger charge is 2.28. The fraction of sp³-hybridized carbons (Fsp3) is 0.412. The number of aliphatic hydroxyl groups is 2. The molecule has 4 rings (SSSR count). The maximum absolute atomic E-state index is 11.3. The molecule has 256 valence electrons.